The van der Waals surface area contributed by atoms with Crippen molar-refractivity contribution in [2.45, 2.75) is 12.8 Å². The van der Waals surface area contributed by atoms with Crippen LogP contribution < -0.4 is 19.9 Å². The number of rotatable bonds is 5. The third kappa shape index (κ3) is 4.71. The second kappa shape index (κ2) is 8.66. The van der Waals surface area contributed by atoms with Gasteiger partial charge in [0, 0.05) is 24.6 Å². The van der Waals surface area contributed by atoms with Crippen LogP contribution in [0.1, 0.15) is 28.8 Å². The van der Waals surface area contributed by atoms with E-state index in [1.807, 2.05) is 4.90 Å². The molecule has 0 radical (unpaired) electrons. The molecule has 2 aliphatic heterocycles. The van der Waals surface area contributed by atoms with Gasteiger partial charge in [-0.05, 0) is 60.2 Å². The van der Waals surface area contributed by atoms with Gasteiger partial charge in [0.1, 0.15) is 11.5 Å². The molecule has 0 aromatic heterocycles. The van der Waals surface area contributed by atoms with Gasteiger partial charge in [-0.15, -0.1) is 4.40 Å². The van der Waals surface area contributed by atoms with Crippen LogP contribution in [0.5, 0.6) is 11.5 Å². The molecule has 9 nitrogen and oxygen atoms in total. The number of anilines is 1. The number of carbonyl (C=O) groups excluding carboxylic acids is 1. The number of ether oxygens (including phenoxy) is 2. The van der Waals surface area contributed by atoms with Gasteiger partial charge in [-0.1, -0.05) is 6.07 Å². The average molecular weight is 447 g/mol. The Balaban J connectivity index is 1.41. The van der Waals surface area contributed by atoms with Crippen LogP contribution in [0, 0.1) is 5.92 Å². The molecular formula is C21H26N4O5S. The number of amides is 1. The largest absolute Gasteiger partial charge is 0.497 e. The Labute approximate surface area is 182 Å². The summed E-state index contributed by atoms with van der Waals surface area (Å²) in [5.74, 6) is 1.41. The van der Waals surface area contributed by atoms with E-state index in [0.29, 0.717) is 48.0 Å². The molecule has 2 aromatic carbocycles. The highest BCUT2D eigenvalue weighted by atomic mass is 32.3. The topological polar surface area (TPSA) is 130 Å². The summed E-state index contributed by atoms with van der Waals surface area (Å²) in [6.45, 7) is 1.72. The van der Waals surface area contributed by atoms with Gasteiger partial charge in [0.15, 0.2) is 5.84 Å². The summed E-state index contributed by atoms with van der Waals surface area (Å²) in [5, 5.41) is 0. The van der Waals surface area contributed by atoms with E-state index in [0.717, 1.165) is 12.8 Å². The second-order valence-corrected chi connectivity index (χ2v) is 9.00. The second-order valence-electron chi connectivity index (χ2n) is 7.58. The molecular weight excluding hydrogens is 420 g/mol. The highest BCUT2D eigenvalue weighted by Gasteiger charge is 2.28. The molecule has 1 atom stereocenters. The van der Waals surface area contributed by atoms with Gasteiger partial charge in [0.25, 0.3) is 5.91 Å². The van der Waals surface area contributed by atoms with Crippen LogP contribution in [0.4, 0.5) is 5.69 Å². The zero-order chi connectivity index (χ0) is 22.0. The molecule has 10 heteroatoms. The Morgan fingerprint density at radius 1 is 1.29 bits per heavy atom. The molecule has 2 aliphatic rings. The smallest absolute Gasteiger partial charge is 0.253 e. The predicted octanol–water partition coefficient (Wildman–Crippen LogP) is 3.34. The summed E-state index contributed by atoms with van der Waals surface area (Å²) in [4.78, 5) is 14.7. The third-order valence-corrected chi connectivity index (χ3v) is 6.32. The first-order valence-corrected chi connectivity index (χ1v) is 11.5. The van der Waals surface area contributed by atoms with E-state index in [1.54, 1.807) is 49.6 Å². The zero-order valence-electron chi connectivity index (χ0n) is 17.2. The minimum absolute atomic E-state index is 0.00442. The van der Waals surface area contributed by atoms with Gasteiger partial charge in [-0.2, -0.15) is 0 Å². The molecule has 1 saturated heterocycles. The molecule has 0 bridgehead atoms. The van der Waals surface area contributed by atoms with Gasteiger partial charge in [0.05, 0.1) is 25.0 Å². The molecule has 1 unspecified atom stereocenters. The maximum Gasteiger partial charge on any atom is 0.253 e. The van der Waals surface area contributed by atoms with Crippen LogP contribution >= 0.6 is 11.0 Å². The number of hydrogen-bond acceptors (Lipinski definition) is 8. The summed E-state index contributed by atoms with van der Waals surface area (Å²) in [7, 11) is -1.75. The van der Waals surface area contributed by atoms with E-state index in [-0.39, 0.29) is 17.7 Å². The van der Waals surface area contributed by atoms with Gasteiger partial charge in [0.2, 0.25) is 0 Å². The fourth-order valence-electron chi connectivity index (χ4n) is 3.86. The van der Waals surface area contributed by atoms with E-state index in [1.165, 1.54) is 0 Å². The number of likely N-dealkylation sites (tertiary alicyclic amines) is 1. The molecule has 2 heterocycles. The maximum absolute atomic E-state index is 12.9. The van der Waals surface area contributed by atoms with Crippen molar-refractivity contribution < 1.29 is 23.4 Å². The Hall–Kier alpha value is -2.95. The van der Waals surface area contributed by atoms with Crippen LogP contribution in [0.2, 0.25) is 0 Å². The van der Waals surface area contributed by atoms with Crippen molar-refractivity contribution in [2.24, 2.45) is 16.0 Å². The lowest BCUT2D eigenvalue weighted by Crippen LogP contribution is -2.41. The first-order valence-electron chi connectivity index (χ1n) is 9.97. The van der Waals surface area contributed by atoms with Crippen LogP contribution in [-0.2, 0) is 0 Å². The number of hydrogen-bond donors (Lipinski definition) is 4. The van der Waals surface area contributed by atoms with Crippen LogP contribution in [0.15, 0.2) is 46.9 Å². The van der Waals surface area contributed by atoms with Crippen molar-refractivity contribution in [3.8, 4) is 11.5 Å². The lowest BCUT2D eigenvalue weighted by atomic mass is 9.98. The van der Waals surface area contributed by atoms with E-state index in [2.05, 4.69) is 9.12 Å². The Bertz CT molecular complexity index is 996. The monoisotopic (exact) mass is 446 g/mol. The van der Waals surface area contributed by atoms with E-state index >= 15 is 0 Å². The number of benzene rings is 2. The quantitative estimate of drug-likeness (QED) is 0.554. The Morgan fingerprint density at radius 2 is 2.06 bits per heavy atom. The molecule has 5 N–H and O–H groups in total. The Kier molecular flexibility index (Phi) is 5.94. The molecule has 0 spiro atoms. The van der Waals surface area contributed by atoms with Gasteiger partial charge in [-0.3, -0.25) is 18.6 Å². The minimum Gasteiger partial charge on any atom is -0.497 e. The number of amidine groups is 1. The zero-order valence-corrected chi connectivity index (χ0v) is 18.0. The first kappa shape index (κ1) is 21.3. The maximum atomic E-state index is 12.9. The molecule has 0 saturated carbocycles. The predicted molar refractivity (Wildman–Crippen MR) is 121 cm³/mol. The number of fused-ring (bicyclic) bond motifs is 1. The van der Waals surface area contributed by atoms with Crippen molar-refractivity contribution in [3.05, 3.63) is 53.6 Å². The van der Waals surface area contributed by atoms with Crippen molar-refractivity contribution in [1.29, 1.82) is 0 Å². The summed E-state index contributed by atoms with van der Waals surface area (Å²) < 4.78 is 37.1. The third-order valence-electron chi connectivity index (χ3n) is 5.37. The highest BCUT2D eigenvalue weighted by Crippen LogP contribution is 2.46. The van der Waals surface area contributed by atoms with E-state index < -0.39 is 11.0 Å². The molecule has 1 fully saturated rings. The number of nitrogens with one attached hydrogen (secondary N) is 1. The molecule has 1 amide bonds. The normalized spacial score (nSPS) is 20.7. The standard InChI is InChI=1S/C21H26N4O5S/c1-29-16-9-7-15(8-10-16)21(26)25-11-3-4-14(12-25)13-30-18-6-2-5-17-19(18)20(22)24-31(27,28)23-17/h2,5-10,14,23,27-28H,3-4,11-13H2,1H3,(H2,22,24). The van der Waals surface area contributed by atoms with Gasteiger partial charge >= 0.3 is 0 Å². The average Bonchev–Trinajstić information content (AvgIpc) is 2.76. The summed E-state index contributed by atoms with van der Waals surface area (Å²) in [5.41, 5.74) is 7.55. The SMILES string of the molecule is COc1ccc(C(=O)N2CCCC(COc3cccc4c3C(N)=NS(O)(O)N4)C2)cc1. The first-order chi connectivity index (χ1) is 14.9. The molecule has 4 rings (SSSR count). The number of methoxy groups -OCH3 is 1. The summed E-state index contributed by atoms with van der Waals surface area (Å²) in [6.07, 6.45) is 1.85. The number of nitrogens with zero attached hydrogens (tertiary/aromatic N) is 2. The molecule has 0 aliphatic carbocycles. The van der Waals surface area contributed by atoms with Crippen molar-refractivity contribution >= 4 is 28.4 Å². The lowest BCUT2D eigenvalue weighted by molar-refractivity contribution is 0.0633. The van der Waals surface area contributed by atoms with Gasteiger partial charge < -0.3 is 20.1 Å². The number of carbonyl (C=O) groups is 1. The Morgan fingerprint density at radius 3 is 2.81 bits per heavy atom. The van der Waals surface area contributed by atoms with Gasteiger partial charge in [-0.25, -0.2) is 0 Å². The number of nitrogens with two attached hydrogens (primary N) is 1. The fraction of sp³-hybridized carbons (Fsp3) is 0.333. The van der Waals surface area contributed by atoms with Crippen molar-refractivity contribution in [3.63, 3.8) is 0 Å². The highest BCUT2D eigenvalue weighted by molar-refractivity contribution is 8.24. The van der Waals surface area contributed by atoms with Crippen LogP contribution in [0.3, 0.4) is 0 Å². The lowest BCUT2D eigenvalue weighted by Gasteiger charge is -2.34. The van der Waals surface area contributed by atoms with Crippen LogP contribution in [-0.4, -0.2) is 52.6 Å². The fourth-order valence-corrected chi connectivity index (χ4v) is 4.74. The summed E-state index contributed by atoms with van der Waals surface area (Å²) in [6, 6.07) is 12.3. The minimum atomic E-state index is -3.34. The number of piperidine rings is 1. The molecule has 31 heavy (non-hydrogen) atoms. The molecule has 166 valence electrons. The van der Waals surface area contributed by atoms with Crippen LogP contribution in [0.25, 0.3) is 0 Å². The van der Waals surface area contributed by atoms with Crippen molar-refractivity contribution in [1.82, 2.24) is 4.90 Å². The van der Waals surface area contributed by atoms with Crippen molar-refractivity contribution in [2.75, 3.05) is 31.5 Å². The summed E-state index contributed by atoms with van der Waals surface area (Å²) >= 11 is 0. The molecule has 2 aromatic rings. The van der Waals surface area contributed by atoms with E-state index in [4.69, 9.17) is 15.2 Å². The van der Waals surface area contributed by atoms with E-state index in [9.17, 15) is 13.9 Å².